The lowest BCUT2D eigenvalue weighted by molar-refractivity contribution is -0.138. The minimum absolute atomic E-state index is 0.385. The Morgan fingerprint density at radius 3 is 2.50 bits per heavy atom. The fraction of sp³-hybridized carbons (Fsp3) is 0.222. The maximum Gasteiger partial charge on any atom is 0.320 e. The number of hydrogen-bond acceptors (Lipinski definition) is 2. The van der Waals surface area contributed by atoms with Crippen molar-refractivity contribution >= 4 is 5.97 Å². The van der Waals surface area contributed by atoms with Gasteiger partial charge in [0.1, 0.15) is 6.04 Å². The maximum absolute atomic E-state index is 10.4. The molecule has 0 saturated heterocycles. The molecule has 3 nitrogen and oxygen atoms in total. The van der Waals surface area contributed by atoms with Gasteiger partial charge in [0.05, 0.1) is 0 Å². The lowest BCUT2D eigenvalue weighted by Crippen LogP contribution is -2.32. The average Bonchev–Trinajstić information content (AvgIpc) is 2.06. The van der Waals surface area contributed by atoms with Crippen LogP contribution in [0.5, 0.6) is 0 Å². The summed E-state index contributed by atoms with van der Waals surface area (Å²) in [6, 6.07) is 8.54. The van der Waals surface area contributed by atoms with Gasteiger partial charge < -0.3 is 10.8 Å². The molecule has 1 aromatic rings. The van der Waals surface area contributed by atoms with Crippen LogP contribution in [-0.4, -0.2) is 17.1 Å². The number of nitrogens with two attached hydrogens (primary N) is 1. The predicted octanol–water partition coefficient (Wildman–Crippen LogP) is 0.641. The van der Waals surface area contributed by atoms with E-state index in [1.54, 1.807) is 0 Å². The predicted molar refractivity (Wildman–Crippen MR) is 45.8 cm³/mol. The van der Waals surface area contributed by atoms with Gasteiger partial charge in [0.2, 0.25) is 0 Å². The Bertz CT molecular complexity index is 258. The highest BCUT2D eigenvalue weighted by Gasteiger charge is 2.10. The molecule has 1 unspecified atom stereocenters. The topological polar surface area (TPSA) is 63.3 Å². The minimum atomic E-state index is -0.959. The van der Waals surface area contributed by atoms with Gasteiger partial charge in [0.15, 0.2) is 0 Å². The van der Waals surface area contributed by atoms with Gasteiger partial charge in [-0.15, -0.1) is 0 Å². The number of rotatable bonds is 3. The van der Waals surface area contributed by atoms with Crippen molar-refractivity contribution in [1.29, 1.82) is 0 Å². The number of aliphatic carboxylic acids is 1. The Labute approximate surface area is 70.8 Å². The highest BCUT2D eigenvalue weighted by Crippen LogP contribution is 2.01. The molecule has 3 heteroatoms. The Kier molecular flexibility index (Phi) is 2.82. The molecule has 3 N–H and O–H groups in total. The molecule has 64 valence electrons. The number of carboxylic acid groups (broad SMARTS) is 1. The molecule has 0 radical (unpaired) electrons. The molecule has 0 aliphatic carbocycles. The highest BCUT2D eigenvalue weighted by atomic mass is 16.4. The van der Waals surface area contributed by atoms with Gasteiger partial charge in [-0.1, -0.05) is 30.3 Å². The Balaban J connectivity index is 2.58. The van der Waals surface area contributed by atoms with Crippen molar-refractivity contribution in [2.75, 3.05) is 0 Å². The fourth-order valence-electron chi connectivity index (χ4n) is 0.955. The van der Waals surface area contributed by atoms with Crippen molar-refractivity contribution in [3.8, 4) is 0 Å². The number of benzene rings is 1. The van der Waals surface area contributed by atoms with Crippen LogP contribution >= 0.6 is 0 Å². The van der Waals surface area contributed by atoms with Crippen molar-refractivity contribution in [3.05, 3.63) is 35.9 Å². The number of hydrogen-bond donors (Lipinski definition) is 2. The van der Waals surface area contributed by atoms with Crippen LogP contribution in [0.3, 0.4) is 0 Å². The summed E-state index contributed by atoms with van der Waals surface area (Å²) < 4.78 is 0. The molecule has 0 saturated carbocycles. The van der Waals surface area contributed by atoms with Crippen molar-refractivity contribution in [3.63, 3.8) is 0 Å². The molecule has 0 aliphatic rings. The first-order valence-electron chi connectivity index (χ1n) is 3.72. The van der Waals surface area contributed by atoms with E-state index >= 15 is 0 Å². The first kappa shape index (κ1) is 8.74. The van der Waals surface area contributed by atoms with E-state index in [1.807, 2.05) is 30.3 Å². The van der Waals surface area contributed by atoms with Gasteiger partial charge in [0, 0.05) is 0 Å². The molecule has 0 fully saturated rings. The molecular formula is C9H11NO2. The van der Waals surface area contributed by atoms with Gasteiger partial charge in [0.25, 0.3) is 0 Å². The van der Waals surface area contributed by atoms with Crippen LogP contribution in [0.2, 0.25) is 0 Å². The molecule has 0 spiro atoms. The summed E-state index contributed by atoms with van der Waals surface area (Å²) in [4.78, 5) is 10.4. The van der Waals surface area contributed by atoms with Crippen molar-refractivity contribution < 1.29 is 9.90 Å². The molecular weight excluding hydrogens is 155 g/mol. The van der Waals surface area contributed by atoms with Crippen LogP contribution in [0.1, 0.15) is 5.56 Å². The molecule has 1 atom stereocenters. The summed E-state index contributed by atoms with van der Waals surface area (Å²) in [5, 5.41) is 8.52. The molecule has 12 heavy (non-hydrogen) atoms. The lowest BCUT2D eigenvalue weighted by Gasteiger charge is -2.04. The average molecular weight is 166 g/mol. The summed E-state index contributed by atoms with van der Waals surface area (Å²) in [6.07, 6.45) is 0.385. The molecule has 1 rings (SSSR count). The number of carboxylic acids is 1. The van der Waals surface area contributed by atoms with Crippen molar-refractivity contribution in [1.82, 2.24) is 0 Å². The van der Waals surface area contributed by atoms with Gasteiger partial charge >= 0.3 is 5.97 Å². The van der Waals surface area contributed by atoms with Gasteiger partial charge in [-0.3, -0.25) is 4.79 Å². The molecule has 1 aromatic carbocycles. The molecule has 0 aliphatic heterocycles. The third-order valence-electron chi connectivity index (χ3n) is 1.62. The fourth-order valence-corrected chi connectivity index (χ4v) is 0.955. The van der Waals surface area contributed by atoms with E-state index in [2.05, 4.69) is 0 Å². The maximum atomic E-state index is 10.4. The summed E-state index contributed by atoms with van der Waals surface area (Å²) in [6.45, 7) is 0. The van der Waals surface area contributed by atoms with Crippen LogP contribution in [0.25, 0.3) is 0 Å². The van der Waals surface area contributed by atoms with Crippen molar-refractivity contribution in [2.24, 2.45) is 5.73 Å². The van der Waals surface area contributed by atoms with Crippen molar-refractivity contribution in [2.45, 2.75) is 12.5 Å². The summed E-state index contributed by atoms with van der Waals surface area (Å²) in [7, 11) is 0. The third kappa shape index (κ3) is 2.36. The lowest BCUT2D eigenvalue weighted by atomic mass is 10.1. The zero-order chi connectivity index (χ0) is 8.97. The van der Waals surface area contributed by atoms with Crippen LogP contribution in [0.4, 0.5) is 0 Å². The first-order valence-corrected chi connectivity index (χ1v) is 3.72. The monoisotopic (exact) mass is 166 g/mol. The zero-order valence-electron chi connectivity index (χ0n) is 6.60. The number of carbonyl (C=O) groups is 1. The van der Waals surface area contributed by atoms with Gasteiger partial charge in [-0.2, -0.15) is 0 Å². The van der Waals surface area contributed by atoms with E-state index in [1.165, 1.54) is 0 Å². The quantitative estimate of drug-likeness (QED) is 0.692. The van der Waals surface area contributed by atoms with Crippen LogP contribution in [0.15, 0.2) is 30.3 Å². The molecule has 0 aromatic heterocycles. The Morgan fingerprint density at radius 1 is 1.42 bits per heavy atom. The second-order valence-corrected chi connectivity index (χ2v) is 2.63. The second-order valence-electron chi connectivity index (χ2n) is 2.63. The van der Waals surface area contributed by atoms with Crippen LogP contribution in [0, 0.1) is 0 Å². The molecule has 0 amide bonds. The van der Waals surface area contributed by atoms with E-state index < -0.39 is 12.0 Å². The smallest absolute Gasteiger partial charge is 0.320 e. The summed E-state index contributed by atoms with van der Waals surface area (Å²) in [5.41, 5.74) is 6.30. The van der Waals surface area contributed by atoms with Crippen LogP contribution in [-0.2, 0) is 11.2 Å². The SMILES string of the molecule is NC(Cc1ccc[13cH]c1)C(=O)O. The summed E-state index contributed by atoms with van der Waals surface area (Å²) in [5.74, 6) is -0.959. The molecule has 0 bridgehead atoms. The third-order valence-corrected chi connectivity index (χ3v) is 1.62. The van der Waals surface area contributed by atoms with E-state index in [-0.39, 0.29) is 0 Å². The minimum Gasteiger partial charge on any atom is -0.480 e. The Morgan fingerprint density at radius 2 is 2.00 bits per heavy atom. The molecule has 0 heterocycles. The van der Waals surface area contributed by atoms with E-state index in [9.17, 15) is 4.79 Å². The van der Waals surface area contributed by atoms with Gasteiger partial charge in [-0.05, 0) is 12.0 Å². The van der Waals surface area contributed by atoms with E-state index in [0.29, 0.717) is 6.42 Å². The van der Waals surface area contributed by atoms with E-state index in [0.717, 1.165) is 5.56 Å². The largest absolute Gasteiger partial charge is 0.480 e. The normalized spacial score (nSPS) is 12.4. The zero-order valence-corrected chi connectivity index (χ0v) is 6.60. The van der Waals surface area contributed by atoms with Crippen LogP contribution < -0.4 is 5.73 Å². The standard InChI is InChI=1S/C9H11NO2/c10-8(9(11)12)6-7-4-2-1-3-5-7/h1-5,8H,6,10H2,(H,11,12)/i2+1. The Hall–Kier alpha value is -1.35. The second kappa shape index (κ2) is 3.88. The summed E-state index contributed by atoms with van der Waals surface area (Å²) >= 11 is 0. The first-order chi connectivity index (χ1) is 5.70. The van der Waals surface area contributed by atoms with E-state index in [4.69, 9.17) is 10.8 Å². The van der Waals surface area contributed by atoms with Gasteiger partial charge in [-0.25, -0.2) is 0 Å². The highest BCUT2D eigenvalue weighted by molar-refractivity contribution is 5.73.